The van der Waals surface area contributed by atoms with E-state index in [-0.39, 0.29) is 11.7 Å². The molecule has 6 nitrogen and oxygen atoms in total. The average Bonchev–Trinajstić information content (AvgIpc) is 3.21. The van der Waals surface area contributed by atoms with Crippen LogP contribution in [0.4, 0.5) is 0 Å². The first-order valence-corrected chi connectivity index (χ1v) is 9.43. The summed E-state index contributed by atoms with van der Waals surface area (Å²) in [5, 5.41) is 4.93. The third kappa shape index (κ3) is 4.17. The van der Waals surface area contributed by atoms with Crippen LogP contribution in [0.3, 0.4) is 0 Å². The minimum Gasteiger partial charge on any atom is -0.335 e. The van der Waals surface area contributed by atoms with E-state index in [0.717, 1.165) is 16.8 Å². The number of aromatic nitrogens is 4. The van der Waals surface area contributed by atoms with E-state index in [0.29, 0.717) is 17.5 Å². The van der Waals surface area contributed by atoms with Gasteiger partial charge < -0.3 is 4.90 Å². The van der Waals surface area contributed by atoms with E-state index < -0.39 is 0 Å². The second-order valence-corrected chi connectivity index (χ2v) is 6.91. The molecule has 0 N–H and O–H groups in total. The van der Waals surface area contributed by atoms with Gasteiger partial charge in [0, 0.05) is 25.4 Å². The Bertz CT molecular complexity index is 1050. The molecular weight excluding hydrogens is 386 g/mol. The van der Waals surface area contributed by atoms with Crippen LogP contribution in [0.2, 0.25) is 5.15 Å². The second kappa shape index (κ2) is 8.24. The molecule has 0 aliphatic heterocycles. The minimum absolute atomic E-state index is 0.136. The zero-order valence-electron chi connectivity index (χ0n) is 15.7. The first kappa shape index (κ1) is 18.8. The van der Waals surface area contributed by atoms with Gasteiger partial charge in [-0.3, -0.25) is 4.79 Å². The standard InChI is InChI=1S/C22H18ClN5O/c1-27(15-16-12-13-19(23)24-14-16)22(29)20-25-21(17-8-4-2-5-9-17)28(26-20)18-10-6-3-7-11-18/h2-14H,15H2,1H3. The van der Waals surface area contributed by atoms with Gasteiger partial charge in [0.1, 0.15) is 5.15 Å². The van der Waals surface area contributed by atoms with E-state index in [2.05, 4.69) is 15.1 Å². The molecule has 2 aromatic carbocycles. The molecule has 0 atom stereocenters. The van der Waals surface area contributed by atoms with Crippen LogP contribution in [-0.2, 0) is 6.54 Å². The summed E-state index contributed by atoms with van der Waals surface area (Å²) in [6, 6.07) is 22.9. The van der Waals surface area contributed by atoms with E-state index >= 15 is 0 Å². The lowest BCUT2D eigenvalue weighted by Crippen LogP contribution is -2.27. The monoisotopic (exact) mass is 403 g/mol. The van der Waals surface area contributed by atoms with Gasteiger partial charge in [0.05, 0.1) is 5.69 Å². The number of rotatable bonds is 5. The van der Waals surface area contributed by atoms with Gasteiger partial charge >= 0.3 is 0 Å². The van der Waals surface area contributed by atoms with Gasteiger partial charge in [0.25, 0.3) is 5.91 Å². The molecule has 0 saturated carbocycles. The minimum atomic E-state index is -0.271. The summed E-state index contributed by atoms with van der Waals surface area (Å²) in [7, 11) is 1.71. The first-order valence-electron chi connectivity index (χ1n) is 9.05. The van der Waals surface area contributed by atoms with Crippen LogP contribution in [0.15, 0.2) is 79.0 Å². The van der Waals surface area contributed by atoms with Crippen LogP contribution >= 0.6 is 11.6 Å². The van der Waals surface area contributed by atoms with E-state index in [1.54, 1.807) is 28.9 Å². The van der Waals surface area contributed by atoms with Crippen LogP contribution in [0, 0.1) is 0 Å². The molecule has 4 aromatic rings. The topological polar surface area (TPSA) is 63.9 Å². The molecule has 1 amide bonds. The summed E-state index contributed by atoms with van der Waals surface area (Å²) in [5.74, 6) is 0.477. The zero-order valence-corrected chi connectivity index (χ0v) is 16.5. The highest BCUT2D eigenvalue weighted by molar-refractivity contribution is 6.29. The summed E-state index contributed by atoms with van der Waals surface area (Å²) in [6.45, 7) is 0.379. The lowest BCUT2D eigenvalue weighted by Gasteiger charge is -2.15. The molecule has 0 radical (unpaired) electrons. The van der Waals surface area contributed by atoms with Gasteiger partial charge in [-0.15, -0.1) is 5.10 Å². The second-order valence-electron chi connectivity index (χ2n) is 6.52. The molecule has 0 bridgehead atoms. The van der Waals surface area contributed by atoms with Crippen molar-refractivity contribution >= 4 is 17.5 Å². The first-order chi connectivity index (χ1) is 14.1. The van der Waals surface area contributed by atoms with Crippen molar-refractivity contribution in [3.8, 4) is 17.1 Å². The molecule has 2 heterocycles. The normalized spacial score (nSPS) is 10.7. The third-order valence-electron chi connectivity index (χ3n) is 4.39. The largest absolute Gasteiger partial charge is 0.335 e. The van der Waals surface area contributed by atoms with Gasteiger partial charge in [-0.2, -0.15) is 0 Å². The number of hydrogen-bond acceptors (Lipinski definition) is 4. The van der Waals surface area contributed by atoms with Crippen molar-refractivity contribution in [2.24, 2.45) is 0 Å². The van der Waals surface area contributed by atoms with Gasteiger partial charge in [0.15, 0.2) is 5.82 Å². The van der Waals surface area contributed by atoms with E-state index in [1.165, 1.54) is 0 Å². The molecule has 0 saturated heterocycles. The highest BCUT2D eigenvalue weighted by atomic mass is 35.5. The van der Waals surface area contributed by atoms with Crippen LogP contribution in [0.25, 0.3) is 17.1 Å². The third-order valence-corrected chi connectivity index (χ3v) is 4.61. The highest BCUT2D eigenvalue weighted by Crippen LogP contribution is 2.21. The van der Waals surface area contributed by atoms with E-state index in [9.17, 15) is 4.79 Å². The highest BCUT2D eigenvalue weighted by Gasteiger charge is 2.21. The maximum Gasteiger partial charge on any atom is 0.293 e. The van der Waals surface area contributed by atoms with Gasteiger partial charge in [-0.1, -0.05) is 66.2 Å². The molecule has 2 aromatic heterocycles. The Morgan fingerprint density at radius 2 is 1.69 bits per heavy atom. The summed E-state index contributed by atoms with van der Waals surface area (Å²) >= 11 is 5.83. The lowest BCUT2D eigenvalue weighted by atomic mass is 10.2. The Morgan fingerprint density at radius 1 is 1.00 bits per heavy atom. The maximum atomic E-state index is 13.0. The number of amides is 1. The Morgan fingerprint density at radius 3 is 2.34 bits per heavy atom. The van der Waals surface area contributed by atoms with Crippen molar-refractivity contribution in [1.82, 2.24) is 24.6 Å². The van der Waals surface area contributed by atoms with Gasteiger partial charge in [-0.05, 0) is 23.8 Å². The molecule has 7 heteroatoms. The number of para-hydroxylation sites is 1. The molecule has 144 valence electrons. The number of halogens is 1. The number of hydrogen-bond donors (Lipinski definition) is 0. The SMILES string of the molecule is CN(Cc1ccc(Cl)nc1)C(=O)c1nc(-c2ccccc2)n(-c2ccccc2)n1. The van der Waals surface area contributed by atoms with Crippen molar-refractivity contribution in [3.05, 3.63) is 95.5 Å². The molecule has 0 unspecified atom stereocenters. The molecule has 0 aliphatic rings. The molecule has 0 fully saturated rings. The van der Waals surface area contributed by atoms with Gasteiger partial charge in [-0.25, -0.2) is 14.6 Å². The number of benzene rings is 2. The number of pyridine rings is 1. The van der Waals surface area contributed by atoms with Crippen LogP contribution in [-0.4, -0.2) is 37.6 Å². The Hall–Kier alpha value is -3.51. The summed E-state index contributed by atoms with van der Waals surface area (Å²) < 4.78 is 1.69. The summed E-state index contributed by atoms with van der Waals surface area (Å²) in [6.07, 6.45) is 1.65. The van der Waals surface area contributed by atoms with Crippen molar-refractivity contribution in [1.29, 1.82) is 0 Å². The van der Waals surface area contributed by atoms with Crippen molar-refractivity contribution in [3.63, 3.8) is 0 Å². The number of carbonyl (C=O) groups excluding carboxylic acids is 1. The number of carbonyl (C=O) groups is 1. The van der Waals surface area contributed by atoms with Gasteiger partial charge in [0.2, 0.25) is 5.82 Å². The Kier molecular flexibility index (Phi) is 5.35. The molecular formula is C22H18ClN5O. The quantitative estimate of drug-likeness (QED) is 0.467. The molecule has 0 aliphatic carbocycles. The summed E-state index contributed by atoms with van der Waals surface area (Å²) in [5.41, 5.74) is 2.59. The van der Waals surface area contributed by atoms with Crippen LogP contribution in [0.1, 0.15) is 16.2 Å². The van der Waals surface area contributed by atoms with Crippen molar-refractivity contribution in [2.45, 2.75) is 6.54 Å². The van der Waals surface area contributed by atoms with E-state index in [1.807, 2.05) is 66.7 Å². The maximum absolute atomic E-state index is 13.0. The zero-order chi connectivity index (χ0) is 20.2. The fraction of sp³-hybridized carbons (Fsp3) is 0.0909. The number of nitrogens with zero attached hydrogens (tertiary/aromatic N) is 5. The predicted molar refractivity (Wildman–Crippen MR) is 112 cm³/mol. The molecule has 0 spiro atoms. The molecule has 29 heavy (non-hydrogen) atoms. The smallest absolute Gasteiger partial charge is 0.293 e. The summed E-state index contributed by atoms with van der Waals surface area (Å²) in [4.78, 5) is 23.2. The van der Waals surface area contributed by atoms with Crippen molar-refractivity contribution < 1.29 is 4.79 Å². The fourth-order valence-electron chi connectivity index (χ4n) is 2.94. The Balaban J connectivity index is 1.67. The lowest BCUT2D eigenvalue weighted by molar-refractivity contribution is 0.0773. The van der Waals surface area contributed by atoms with E-state index in [4.69, 9.17) is 11.6 Å². The van der Waals surface area contributed by atoms with Crippen LogP contribution in [0.5, 0.6) is 0 Å². The Labute approximate surface area is 173 Å². The van der Waals surface area contributed by atoms with Crippen LogP contribution < -0.4 is 0 Å². The fourth-order valence-corrected chi connectivity index (χ4v) is 3.05. The average molecular weight is 404 g/mol. The predicted octanol–water partition coefficient (Wildman–Crippen LogP) is 4.25. The van der Waals surface area contributed by atoms with Crippen molar-refractivity contribution in [2.75, 3.05) is 7.05 Å². The molecule has 4 rings (SSSR count).